The fourth-order valence-corrected chi connectivity index (χ4v) is 0.715. The molecule has 0 atom stereocenters. The van der Waals surface area contributed by atoms with E-state index in [1.165, 1.54) is 18.5 Å². The number of carbonyl (C=O) groups excluding carboxylic acids is 1. The molecular formula is C7H9N3O2. The minimum atomic E-state index is -0.383. The zero-order valence-corrected chi connectivity index (χ0v) is 6.33. The van der Waals surface area contributed by atoms with Crippen LogP contribution in [0.2, 0.25) is 0 Å². The average molecular weight is 167 g/mol. The van der Waals surface area contributed by atoms with E-state index >= 15 is 0 Å². The van der Waals surface area contributed by atoms with E-state index in [2.05, 4.69) is 10.3 Å². The van der Waals surface area contributed by atoms with Crippen molar-refractivity contribution in [2.45, 2.75) is 0 Å². The maximum Gasteiger partial charge on any atom is 0.238 e. The number of hydrogen-bond donors (Lipinski definition) is 3. The molecule has 1 rings (SSSR count). The third kappa shape index (κ3) is 1.93. The number of H-pyrrole nitrogens is 1. The largest absolute Gasteiger partial charge is 0.366 e. The van der Waals surface area contributed by atoms with Gasteiger partial charge in [0.15, 0.2) is 0 Å². The van der Waals surface area contributed by atoms with Crippen LogP contribution in [0.4, 0.5) is 5.69 Å². The highest BCUT2D eigenvalue weighted by Gasteiger charge is 2.00. The lowest BCUT2D eigenvalue weighted by atomic mass is 10.4. The van der Waals surface area contributed by atoms with Gasteiger partial charge >= 0.3 is 0 Å². The summed E-state index contributed by atoms with van der Waals surface area (Å²) in [5, 5.41) is 2.35. The number of aromatic amines is 1. The Balaban J connectivity index is 2.83. The van der Waals surface area contributed by atoms with E-state index in [-0.39, 0.29) is 23.6 Å². The lowest BCUT2D eigenvalue weighted by molar-refractivity contribution is -0.114. The summed E-state index contributed by atoms with van der Waals surface area (Å²) < 4.78 is 0. The molecule has 5 nitrogen and oxygen atoms in total. The molecule has 0 aliphatic heterocycles. The molecule has 0 aliphatic carbocycles. The Hall–Kier alpha value is -1.62. The van der Waals surface area contributed by atoms with Crippen LogP contribution >= 0.6 is 0 Å². The molecule has 0 saturated carbocycles. The number of aromatic nitrogens is 1. The number of pyridine rings is 1. The molecule has 64 valence electrons. The van der Waals surface area contributed by atoms with Gasteiger partial charge in [-0.1, -0.05) is 0 Å². The molecule has 1 aromatic heterocycles. The first-order chi connectivity index (χ1) is 5.74. The first-order valence-corrected chi connectivity index (χ1v) is 3.41. The highest BCUT2D eigenvalue weighted by molar-refractivity contribution is 5.91. The molecule has 0 fully saturated rings. The van der Waals surface area contributed by atoms with Gasteiger partial charge in [0.1, 0.15) is 5.69 Å². The Morgan fingerprint density at radius 1 is 1.67 bits per heavy atom. The summed E-state index contributed by atoms with van der Waals surface area (Å²) in [6.45, 7) is -0.131. The zero-order valence-electron chi connectivity index (χ0n) is 6.33. The minimum Gasteiger partial charge on any atom is -0.366 e. The van der Waals surface area contributed by atoms with Crippen LogP contribution < -0.4 is 16.5 Å². The van der Waals surface area contributed by atoms with Crippen LogP contribution in [0.5, 0.6) is 0 Å². The normalized spacial score (nSPS) is 9.42. The molecule has 0 saturated heterocycles. The first kappa shape index (κ1) is 8.48. The van der Waals surface area contributed by atoms with E-state index in [0.29, 0.717) is 0 Å². The van der Waals surface area contributed by atoms with Gasteiger partial charge in [0, 0.05) is 18.5 Å². The molecule has 0 unspecified atom stereocenters. The quantitative estimate of drug-likeness (QED) is 0.542. The molecular weight excluding hydrogens is 158 g/mol. The molecule has 0 spiro atoms. The van der Waals surface area contributed by atoms with Crippen LogP contribution in [0.1, 0.15) is 0 Å². The van der Waals surface area contributed by atoms with Crippen molar-refractivity contribution >= 4 is 11.6 Å². The average Bonchev–Trinajstić information content (AvgIpc) is 2.09. The summed E-state index contributed by atoms with van der Waals surface area (Å²) in [6, 6.07) is 1.33. The zero-order chi connectivity index (χ0) is 8.97. The third-order valence-corrected chi connectivity index (χ3v) is 1.28. The van der Waals surface area contributed by atoms with E-state index in [4.69, 9.17) is 5.73 Å². The number of rotatable bonds is 2. The van der Waals surface area contributed by atoms with Crippen LogP contribution in [0.15, 0.2) is 23.3 Å². The molecule has 12 heavy (non-hydrogen) atoms. The van der Waals surface area contributed by atoms with Crippen molar-refractivity contribution < 1.29 is 4.79 Å². The smallest absolute Gasteiger partial charge is 0.238 e. The number of nitrogens with two attached hydrogens (primary N) is 1. The molecule has 1 aromatic rings. The number of hydrogen-bond acceptors (Lipinski definition) is 3. The second-order valence-corrected chi connectivity index (χ2v) is 2.17. The topological polar surface area (TPSA) is 88.0 Å². The fourth-order valence-electron chi connectivity index (χ4n) is 0.715. The number of nitrogens with one attached hydrogen (secondary N) is 2. The highest BCUT2D eigenvalue weighted by Crippen LogP contribution is 1.93. The van der Waals surface area contributed by atoms with Crippen LogP contribution in [0, 0.1) is 0 Å². The van der Waals surface area contributed by atoms with Crippen molar-refractivity contribution in [2.24, 2.45) is 5.73 Å². The summed E-state index contributed by atoms with van der Waals surface area (Å²) in [5.41, 5.74) is 5.02. The van der Waals surface area contributed by atoms with Crippen molar-refractivity contribution in [3.05, 3.63) is 28.7 Å². The molecule has 1 heterocycles. The predicted octanol–water partition coefficient (Wildman–Crippen LogP) is -0.728. The first-order valence-electron chi connectivity index (χ1n) is 3.41. The van der Waals surface area contributed by atoms with Gasteiger partial charge in [0.2, 0.25) is 11.3 Å². The summed E-state index contributed by atoms with van der Waals surface area (Å²) in [5.74, 6) is -0.383. The Morgan fingerprint density at radius 2 is 2.42 bits per heavy atom. The molecule has 1 amide bonds. The van der Waals surface area contributed by atoms with Gasteiger partial charge in [0.25, 0.3) is 0 Å². The lowest BCUT2D eigenvalue weighted by Gasteiger charge is -1.99. The monoisotopic (exact) mass is 167 g/mol. The second-order valence-electron chi connectivity index (χ2n) is 2.17. The van der Waals surface area contributed by atoms with Gasteiger partial charge in [-0.2, -0.15) is 0 Å². The van der Waals surface area contributed by atoms with Crippen LogP contribution in [0.3, 0.4) is 0 Å². The number of anilines is 1. The van der Waals surface area contributed by atoms with Gasteiger partial charge in [-0.15, -0.1) is 0 Å². The maximum atomic E-state index is 11.0. The van der Waals surface area contributed by atoms with Crippen LogP contribution in [0.25, 0.3) is 0 Å². The van der Waals surface area contributed by atoms with Gasteiger partial charge < -0.3 is 16.0 Å². The number of carbonyl (C=O) groups is 1. The molecule has 0 bridgehead atoms. The maximum absolute atomic E-state index is 11.0. The van der Waals surface area contributed by atoms with Crippen LogP contribution in [-0.4, -0.2) is 17.4 Å². The molecule has 0 radical (unpaired) electrons. The van der Waals surface area contributed by atoms with E-state index < -0.39 is 0 Å². The second kappa shape index (κ2) is 3.68. The Kier molecular flexibility index (Phi) is 2.60. The van der Waals surface area contributed by atoms with Gasteiger partial charge in [-0.05, 0) is 0 Å². The number of amides is 1. The highest BCUT2D eigenvalue weighted by atomic mass is 16.2. The Labute approximate surface area is 68.6 Å². The fraction of sp³-hybridized carbons (Fsp3) is 0.143. The lowest BCUT2D eigenvalue weighted by Crippen LogP contribution is -2.24. The van der Waals surface area contributed by atoms with Crippen molar-refractivity contribution in [1.29, 1.82) is 0 Å². The van der Waals surface area contributed by atoms with Gasteiger partial charge in [-0.25, -0.2) is 0 Å². The van der Waals surface area contributed by atoms with E-state index in [1.54, 1.807) is 0 Å². The van der Waals surface area contributed by atoms with Crippen molar-refractivity contribution in [2.75, 3.05) is 11.9 Å². The van der Waals surface area contributed by atoms with E-state index in [9.17, 15) is 9.59 Å². The van der Waals surface area contributed by atoms with Gasteiger partial charge in [-0.3, -0.25) is 9.59 Å². The molecule has 0 aliphatic rings. The summed E-state index contributed by atoms with van der Waals surface area (Å²) >= 11 is 0. The molecule has 5 heteroatoms. The Bertz CT molecular complexity index is 331. The van der Waals surface area contributed by atoms with Gasteiger partial charge in [0.05, 0.1) is 6.54 Å². The third-order valence-electron chi connectivity index (χ3n) is 1.28. The summed E-state index contributed by atoms with van der Waals surface area (Å²) in [4.78, 5) is 24.4. The molecule has 4 N–H and O–H groups in total. The minimum absolute atomic E-state index is 0.131. The van der Waals surface area contributed by atoms with E-state index in [0.717, 1.165) is 0 Å². The van der Waals surface area contributed by atoms with Crippen molar-refractivity contribution in [3.8, 4) is 0 Å². The Morgan fingerprint density at radius 3 is 3.00 bits per heavy atom. The SMILES string of the molecule is NCC(=O)Nc1c[nH]ccc1=O. The van der Waals surface area contributed by atoms with E-state index in [1.807, 2.05) is 0 Å². The molecule has 0 aromatic carbocycles. The summed E-state index contributed by atoms with van der Waals surface area (Å²) in [7, 11) is 0. The predicted molar refractivity (Wildman–Crippen MR) is 44.7 cm³/mol. The summed E-state index contributed by atoms with van der Waals surface area (Å²) in [6.07, 6.45) is 2.90. The van der Waals surface area contributed by atoms with Crippen LogP contribution in [-0.2, 0) is 4.79 Å². The van der Waals surface area contributed by atoms with Crippen molar-refractivity contribution in [3.63, 3.8) is 0 Å². The van der Waals surface area contributed by atoms with Crippen molar-refractivity contribution in [1.82, 2.24) is 4.98 Å². The standard InChI is InChI=1S/C7H9N3O2/c8-3-7(12)10-5-4-9-2-1-6(5)11/h1-2,4H,3,8H2,(H,9,11)(H,10,12).